The molecule has 9 heteroatoms. The number of anilines is 1. The minimum absolute atomic E-state index is 0.00253. The van der Waals surface area contributed by atoms with Crippen LogP contribution in [-0.2, 0) is 16.1 Å². The van der Waals surface area contributed by atoms with Crippen molar-refractivity contribution < 1.29 is 18.4 Å². The molecule has 0 aliphatic rings. The van der Waals surface area contributed by atoms with Gasteiger partial charge < -0.3 is 15.0 Å². The maximum atomic E-state index is 13.5. The zero-order chi connectivity index (χ0) is 18.0. The summed E-state index contributed by atoms with van der Waals surface area (Å²) >= 11 is 5.87. The van der Waals surface area contributed by atoms with E-state index in [9.17, 15) is 18.4 Å². The average molecular weight is 365 g/mol. The van der Waals surface area contributed by atoms with Crippen molar-refractivity contribution in [2.45, 2.75) is 6.54 Å². The van der Waals surface area contributed by atoms with Crippen LogP contribution in [0.2, 0.25) is 5.02 Å². The van der Waals surface area contributed by atoms with Gasteiger partial charge in [-0.3, -0.25) is 9.59 Å². The Labute approximate surface area is 145 Å². The zero-order valence-corrected chi connectivity index (χ0v) is 13.3. The number of nitrogens with zero attached hydrogens (tertiary/aromatic N) is 2. The fraction of sp³-hybridized carbons (Fsp3) is 0.0625. The van der Waals surface area contributed by atoms with Crippen LogP contribution >= 0.6 is 11.6 Å². The Morgan fingerprint density at radius 3 is 2.68 bits per heavy atom. The molecule has 2 heterocycles. The highest BCUT2D eigenvalue weighted by molar-refractivity contribution is 6.39. The molecule has 3 aromatic rings. The van der Waals surface area contributed by atoms with E-state index in [0.717, 1.165) is 12.1 Å². The maximum absolute atomic E-state index is 13.5. The number of pyridine rings is 1. The third-order valence-corrected chi connectivity index (χ3v) is 3.50. The number of aromatic nitrogens is 2. The van der Waals surface area contributed by atoms with Crippen LogP contribution in [0.1, 0.15) is 5.69 Å². The first-order valence-electron chi connectivity index (χ1n) is 7.10. The fourth-order valence-electron chi connectivity index (χ4n) is 2.12. The number of imidazole rings is 1. The summed E-state index contributed by atoms with van der Waals surface area (Å²) in [6.07, 6.45) is 3.30. The van der Waals surface area contributed by atoms with E-state index >= 15 is 0 Å². The minimum Gasteiger partial charge on any atom is -0.342 e. The van der Waals surface area contributed by atoms with Crippen molar-refractivity contribution in [3.63, 3.8) is 0 Å². The van der Waals surface area contributed by atoms with E-state index in [0.29, 0.717) is 22.4 Å². The monoisotopic (exact) mass is 364 g/mol. The van der Waals surface area contributed by atoms with Crippen LogP contribution in [-0.4, -0.2) is 21.2 Å². The third kappa shape index (κ3) is 3.92. The van der Waals surface area contributed by atoms with Crippen molar-refractivity contribution in [2.24, 2.45) is 0 Å². The molecule has 0 spiro atoms. The van der Waals surface area contributed by atoms with Crippen LogP contribution in [0, 0.1) is 11.6 Å². The van der Waals surface area contributed by atoms with E-state index in [1.807, 2.05) is 0 Å². The molecule has 0 aliphatic carbocycles. The molecular formula is C16H11ClF2N4O2. The molecule has 2 aromatic heterocycles. The smallest absolute Gasteiger partial charge is 0.313 e. The van der Waals surface area contributed by atoms with Gasteiger partial charge in [-0.15, -0.1) is 0 Å². The topological polar surface area (TPSA) is 75.5 Å². The highest BCUT2D eigenvalue weighted by atomic mass is 35.5. The molecule has 0 saturated carbocycles. The predicted molar refractivity (Wildman–Crippen MR) is 87.0 cm³/mol. The number of hydrogen-bond donors (Lipinski definition) is 2. The molecule has 0 bridgehead atoms. The van der Waals surface area contributed by atoms with Crippen molar-refractivity contribution >= 4 is 34.7 Å². The maximum Gasteiger partial charge on any atom is 0.313 e. The number of carbonyl (C=O) groups is 2. The van der Waals surface area contributed by atoms with Gasteiger partial charge in [-0.1, -0.05) is 11.6 Å². The van der Waals surface area contributed by atoms with Gasteiger partial charge in [-0.2, -0.15) is 0 Å². The van der Waals surface area contributed by atoms with Gasteiger partial charge in [0.05, 0.1) is 22.9 Å². The number of nitrogens with one attached hydrogen (secondary N) is 2. The minimum atomic E-state index is -1.07. The van der Waals surface area contributed by atoms with E-state index in [2.05, 4.69) is 15.6 Å². The summed E-state index contributed by atoms with van der Waals surface area (Å²) in [7, 11) is 0. The fourth-order valence-corrected chi connectivity index (χ4v) is 2.29. The summed E-state index contributed by atoms with van der Waals surface area (Å²) < 4.78 is 28.0. The Kier molecular flexibility index (Phi) is 4.62. The molecule has 3 rings (SSSR count). The van der Waals surface area contributed by atoms with Crippen molar-refractivity contribution in [1.82, 2.24) is 14.7 Å². The van der Waals surface area contributed by atoms with E-state index in [-0.39, 0.29) is 12.2 Å². The molecule has 0 atom stereocenters. The zero-order valence-electron chi connectivity index (χ0n) is 12.6. The quantitative estimate of drug-likeness (QED) is 0.701. The summed E-state index contributed by atoms with van der Waals surface area (Å²) in [5.41, 5.74) is 0.854. The molecule has 0 fully saturated rings. The predicted octanol–water partition coefficient (Wildman–Crippen LogP) is 2.52. The number of carbonyl (C=O) groups excluding carboxylic acids is 2. The molecule has 0 saturated heterocycles. The van der Waals surface area contributed by atoms with Crippen LogP contribution < -0.4 is 10.6 Å². The van der Waals surface area contributed by atoms with Crippen molar-refractivity contribution in [3.05, 3.63) is 65.1 Å². The highest BCUT2D eigenvalue weighted by Crippen LogP contribution is 2.15. The molecule has 2 N–H and O–H groups in total. The van der Waals surface area contributed by atoms with Gasteiger partial charge in [0, 0.05) is 18.5 Å². The van der Waals surface area contributed by atoms with E-state index < -0.39 is 23.4 Å². The molecule has 128 valence electrons. The standard InChI is InChI=1S/C16H11ClF2N4O2/c17-9-1-4-14-21-11(8-23(14)7-9)6-20-15(24)16(25)22-13-3-2-10(18)5-12(13)19/h1-5,7-8H,6H2,(H,20,24)(H,22,25). The van der Waals surface area contributed by atoms with E-state index in [1.165, 1.54) is 0 Å². The van der Waals surface area contributed by atoms with Crippen molar-refractivity contribution in [2.75, 3.05) is 5.32 Å². The Morgan fingerprint density at radius 1 is 1.12 bits per heavy atom. The molecule has 1 aromatic carbocycles. The molecule has 6 nitrogen and oxygen atoms in total. The molecule has 25 heavy (non-hydrogen) atoms. The lowest BCUT2D eigenvalue weighted by Gasteiger charge is -2.06. The second-order valence-electron chi connectivity index (χ2n) is 5.11. The van der Waals surface area contributed by atoms with Crippen LogP contribution in [0.4, 0.5) is 14.5 Å². The molecule has 0 aliphatic heterocycles. The number of rotatable bonds is 3. The lowest BCUT2D eigenvalue weighted by molar-refractivity contribution is -0.136. The second kappa shape index (κ2) is 6.86. The highest BCUT2D eigenvalue weighted by Gasteiger charge is 2.16. The average Bonchev–Trinajstić information content (AvgIpc) is 2.97. The number of fused-ring (bicyclic) bond motifs is 1. The van der Waals surface area contributed by atoms with Crippen molar-refractivity contribution in [1.29, 1.82) is 0 Å². The Morgan fingerprint density at radius 2 is 1.92 bits per heavy atom. The summed E-state index contributed by atoms with van der Waals surface area (Å²) in [6, 6.07) is 5.99. The molecule has 0 unspecified atom stereocenters. The molecular weight excluding hydrogens is 354 g/mol. The number of benzene rings is 1. The number of amides is 2. The second-order valence-corrected chi connectivity index (χ2v) is 5.54. The lowest BCUT2D eigenvalue weighted by atomic mass is 10.3. The van der Waals surface area contributed by atoms with Gasteiger partial charge in [-0.25, -0.2) is 13.8 Å². The number of halogens is 3. The Hall–Kier alpha value is -3.00. The largest absolute Gasteiger partial charge is 0.342 e. The third-order valence-electron chi connectivity index (χ3n) is 3.28. The first-order chi connectivity index (χ1) is 11.9. The summed E-state index contributed by atoms with van der Waals surface area (Å²) in [6.45, 7) is -0.00253. The van der Waals surface area contributed by atoms with Gasteiger partial charge in [0.2, 0.25) is 0 Å². The van der Waals surface area contributed by atoms with E-state index in [4.69, 9.17) is 11.6 Å². The first-order valence-corrected chi connectivity index (χ1v) is 7.47. The van der Waals surface area contributed by atoms with Gasteiger partial charge in [-0.05, 0) is 24.3 Å². The molecule has 2 amide bonds. The van der Waals surface area contributed by atoms with Crippen LogP contribution in [0.25, 0.3) is 5.65 Å². The van der Waals surface area contributed by atoms with Gasteiger partial charge >= 0.3 is 11.8 Å². The lowest BCUT2D eigenvalue weighted by Crippen LogP contribution is -2.35. The van der Waals surface area contributed by atoms with Crippen molar-refractivity contribution in [3.8, 4) is 0 Å². The van der Waals surface area contributed by atoms with Crippen LogP contribution in [0.3, 0.4) is 0 Å². The Balaban J connectivity index is 1.61. The van der Waals surface area contributed by atoms with Gasteiger partial charge in [0.25, 0.3) is 0 Å². The SMILES string of the molecule is O=C(NCc1cn2cc(Cl)ccc2n1)C(=O)Nc1ccc(F)cc1F. The summed E-state index contributed by atoms with van der Waals surface area (Å²) in [5, 5.41) is 4.97. The summed E-state index contributed by atoms with van der Waals surface area (Å²) in [5.74, 6) is -3.80. The normalized spacial score (nSPS) is 10.7. The number of hydrogen-bond acceptors (Lipinski definition) is 3. The molecule has 0 radical (unpaired) electrons. The van der Waals surface area contributed by atoms with Crippen LogP contribution in [0.5, 0.6) is 0 Å². The van der Waals surface area contributed by atoms with Gasteiger partial charge in [0.15, 0.2) is 0 Å². The first kappa shape index (κ1) is 16.8. The van der Waals surface area contributed by atoms with Crippen LogP contribution in [0.15, 0.2) is 42.7 Å². The van der Waals surface area contributed by atoms with Gasteiger partial charge in [0.1, 0.15) is 17.3 Å². The summed E-state index contributed by atoms with van der Waals surface area (Å²) in [4.78, 5) is 27.8. The Bertz CT molecular complexity index is 974. The van der Waals surface area contributed by atoms with E-state index in [1.54, 1.807) is 28.9 Å².